The van der Waals surface area contributed by atoms with Crippen molar-refractivity contribution in [2.75, 3.05) is 46.4 Å². The summed E-state index contributed by atoms with van der Waals surface area (Å²) in [5, 5.41) is 3.41. The topological polar surface area (TPSA) is 79.5 Å². The highest BCUT2D eigenvalue weighted by Crippen LogP contribution is 2.30. The van der Waals surface area contributed by atoms with Crippen LogP contribution in [0.25, 0.3) is 0 Å². The highest BCUT2D eigenvalue weighted by Gasteiger charge is 2.25. The monoisotopic (exact) mass is 398 g/mol. The number of ether oxygens (including phenoxy) is 2. The molecule has 2 aliphatic rings. The number of guanidine groups is 1. The van der Waals surface area contributed by atoms with Gasteiger partial charge in [-0.05, 0) is 29.8 Å². The Balaban J connectivity index is 1.31. The average Bonchev–Trinajstić information content (AvgIpc) is 3.20. The van der Waals surface area contributed by atoms with Crippen molar-refractivity contribution in [1.82, 2.24) is 15.1 Å². The van der Waals surface area contributed by atoms with Crippen molar-refractivity contribution in [1.29, 1.82) is 0 Å². The number of aliphatic imine (C=N–C) groups is 1. The molecule has 29 heavy (non-hydrogen) atoms. The molecule has 8 heteroatoms. The summed E-state index contributed by atoms with van der Waals surface area (Å²) >= 11 is 0. The van der Waals surface area contributed by atoms with E-state index in [1.165, 1.54) is 6.26 Å². The van der Waals surface area contributed by atoms with Gasteiger partial charge in [0.1, 0.15) is 0 Å². The van der Waals surface area contributed by atoms with Crippen LogP contribution in [0, 0.1) is 0 Å². The first-order valence-electron chi connectivity index (χ1n) is 9.91. The molecule has 2 aromatic rings. The fourth-order valence-electron chi connectivity index (χ4n) is 3.51. The van der Waals surface area contributed by atoms with Crippen LogP contribution < -0.4 is 14.8 Å². The lowest BCUT2D eigenvalue weighted by Crippen LogP contribution is -2.53. The second kappa shape index (κ2) is 8.89. The van der Waals surface area contributed by atoms with Gasteiger partial charge < -0.3 is 29.0 Å². The van der Waals surface area contributed by atoms with Crippen LogP contribution in [0.2, 0.25) is 0 Å². The largest absolute Gasteiger partial charge is 0.490 e. The van der Waals surface area contributed by atoms with E-state index in [2.05, 4.69) is 15.2 Å². The van der Waals surface area contributed by atoms with Crippen LogP contribution in [0.1, 0.15) is 22.5 Å². The molecule has 1 fully saturated rings. The van der Waals surface area contributed by atoms with Gasteiger partial charge in [0.2, 0.25) is 0 Å². The number of rotatable bonds is 3. The Hall–Kier alpha value is -3.16. The van der Waals surface area contributed by atoms with Gasteiger partial charge in [0.15, 0.2) is 23.2 Å². The predicted molar refractivity (Wildman–Crippen MR) is 108 cm³/mol. The standard InChI is InChI=1S/C21H26N4O4/c1-22-21(23-15-16-5-6-17-19(14-16)29-13-3-12-27-17)25-9-7-24(8-10-25)20(26)18-4-2-11-28-18/h2,4-6,11,14H,3,7-10,12-13,15H2,1H3,(H,22,23). The molecular formula is C21H26N4O4. The molecule has 1 amide bonds. The summed E-state index contributed by atoms with van der Waals surface area (Å²) in [6.45, 7) is 4.68. The molecule has 0 spiro atoms. The quantitative estimate of drug-likeness (QED) is 0.629. The third-order valence-electron chi connectivity index (χ3n) is 5.07. The normalized spacial score (nSPS) is 17.1. The average molecular weight is 398 g/mol. The molecule has 1 aromatic carbocycles. The van der Waals surface area contributed by atoms with E-state index >= 15 is 0 Å². The lowest BCUT2D eigenvalue weighted by atomic mass is 10.2. The van der Waals surface area contributed by atoms with Crippen LogP contribution in [0.15, 0.2) is 46.0 Å². The van der Waals surface area contributed by atoms with Crippen molar-refractivity contribution in [3.63, 3.8) is 0 Å². The summed E-state index contributed by atoms with van der Waals surface area (Å²) < 4.78 is 16.7. The Labute approximate surface area is 170 Å². The number of carbonyl (C=O) groups is 1. The second-order valence-electron chi connectivity index (χ2n) is 6.99. The number of fused-ring (bicyclic) bond motifs is 1. The molecule has 0 bridgehead atoms. The molecule has 0 unspecified atom stereocenters. The summed E-state index contributed by atoms with van der Waals surface area (Å²) in [4.78, 5) is 20.8. The highest BCUT2D eigenvalue weighted by atomic mass is 16.5. The van der Waals surface area contributed by atoms with Gasteiger partial charge >= 0.3 is 0 Å². The maximum atomic E-state index is 12.4. The van der Waals surface area contributed by atoms with Crippen LogP contribution in [0.5, 0.6) is 11.5 Å². The first-order valence-corrected chi connectivity index (χ1v) is 9.91. The number of nitrogens with one attached hydrogen (secondary N) is 1. The predicted octanol–water partition coefficient (Wildman–Crippen LogP) is 1.97. The number of carbonyl (C=O) groups excluding carboxylic acids is 1. The smallest absolute Gasteiger partial charge is 0.289 e. The molecule has 0 radical (unpaired) electrons. The van der Waals surface area contributed by atoms with E-state index in [4.69, 9.17) is 13.9 Å². The molecule has 4 rings (SSSR count). The second-order valence-corrected chi connectivity index (χ2v) is 6.99. The molecule has 0 saturated carbocycles. The first-order chi connectivity index (χ1) is 14.2. The molecule has 0 aliphatic carbocycles. The zero-order valence-electron chi connectivity index (χ0n) is 16.6. The van der Waals surface area contributed by atoms with Crippen LogP contribution in [-0.4, -0.2) is 68.1 Å². The highest BCUT2D eigenvalue weighted by molar-refractivity contribution is 5.91. The van der Waals surface area contributed by atoms with Gasteiger partial charge in [0.25, 0.3) is 5.91 Å². The van der Waals surface area contributed by atoms with Crippen LogP contribution in [-0.2, 0) is 6.54 Å². The van der Waals surface area contributed by atoms with E-state index in [9.17, 15) is 4.79 Å². The van der Waals surface area contributed by atoms with Crippen molar-refractivity contribution in [2.24, 2.45) is 4.99 Å². The molecule has 8 nitrogen and oxygen atoms in total. The van der Waals surface area contributed by atoms with Crippen molar-refractivity contribution in [3.8, 4) is 11.5 Å². The van der Waals surface area contributed by atoms with Crippen LogP contribution in [0.3, 0.4) is 0 Å². The van der Waals surface area contributed by atoms with E-state index < -0.39 is 0 Å². The van der Waals surface area contributed by atoms with Crippen molar-refractivity contribution in [2.45, 2.75) is 13.0 Å². The van der Waals surface area contributed by atoms with Gasteiger partial charge in [-0.3, -0.25) is 9.79 Å². The Morgan fingerprint density at radius 3 is 2.55 bits per heavy atom. The number of piperazine rings is 1. The molecule has 1 N–H and O–H groups in total. The summed E-state index contributed by atoms with van der Waals surface area (Å²) in [7, 11) is 1.77. The Morgan fingerprint density at radius 1 is 1.07 bits per heavy atom. The summed E-state index contributed by atoms with van der Waals surface area (Å²) in [5.41, 5.74) is 1.10. The minimum atomic E-state index is -0.0650. The zero-order chi connectivity index (χ0) is 20.1. The van der Waals surface area contributed by atoms with Crippen LogP contribution in [0.4, 0.5) is 0 Å². The number of hydrogen-bond acceptors (Lipinski definition) is 5. The van der Waals surface area contributed by atoms with E-state index in [1.807, 2.05) is 23.1 Å². The molecule has 2 aliphatic heterocycles. The number of furan rings is 1. The molecule has 0 atom stereocenters. The van der Waals surface area contributed by atoms with E-state index in [1.54, 1.807) is 19.2 Å². The molecule has 1 saturated heterocycles. The van der Waals surface area contributed by atoms with E-state index in [-0.39, 0.29) is 5.91 Å². The number of nitrogens with zero attached hydrogens (tertiary/aromatic N) is 3. The van der Waals surface area contributed by atoms with Gasteiger partial charge in [-0.2, -0.15) is 0 Å². The number of amides is 1. The number of benzene rings is 1. The zero-order valence-corrected chi connectivity index (χ0v) is 16.6. The Kier molecular flexibility index (Phi) is 5.88. The van der Waals surface area contributed by atoms with Gasteiger partial charge in [-0.25, -0.2) is 0 Å². The fraction of sp³-hybridized carbons (Fsp3) is 0.429. The van der Waals surface area contributed by atoms with Gasteiger partial charge in [-0.1, -0.05) is 6.07 Å². The molecule has 3 heterocycles. The maximum absolute atomic E-state index is 12.4. The maximum Gasteiger partial charge on any atom is 0.289 e. The van der Waals surface area contributed by atoms with Crippen molar-refractivity contribution < 1.29 is 18.7 Å². The van der Waals surface area contributed by atoms with Gasteiger partial charge in [0.05, 0.1) is 19.5 Å². The Bertz CT molecular complexity index is 858. The minimum absolute atomic E-state index is 0.0650. The van der Waals surface area contributed by atoms with E-state index in [0.717, 1.165) is 29.4 Å². The van der Waals surface area contributed by atoms with Crippen molar-refractivity contribution in [3.05, 3.63) is 47.9 Å². The first kappa shape index (κ1) is 19.2. The van der Waals surface area contributed by atoms with E-state index in [0.29, 0.717) is 51.7 Å². The fourth-order valence-corrected chi connectivity index (χ4v) is 3.51. The lowest BCUT2D eigenvalue weighted by Gasteiger charge is -2.36. The summed E-state index contributed by atoms with van der Waals surface area (Å²) in [6, 6.07) is 9.44. The molecular weight excluding hydrogens is 372 g/mol. The Morgan fingerprint density at radius 2 is 1.83 bits per heavy atom. The van der Waals surface area contributed by atoms with Crippen molar-refractivity contribution >= 4 is 11.9 Å². The van der Waals surface area contributed by atoms with Gasteiger partial charge in [-0.15, -0.1) is 0 Å². The third kappa shape index (κ3) is 4.47. The third-order valence-corrected chi connectivity index (χ3v) is 5.07. The summed E-state index contributed by atoms with van der Waals surface area (Å²) in [5.74, 6) is 2.73. The summed E-state index contributed by atoms with van der Waals surface area (Å²) in [6.07, 6.45) is 2.41. The van der Waals surface area contributed by atoms with Gasteiger partial charge in [0, 0.05) is 46.2 Å². The lowest BCUT2D eigenvalue weighted by molar-refractivity contribution is 0.0657. The molecule has 1 aromatic heterocycles. The van der Waals surface area contributed by atoms with Crippen LogP contribution >= 0.6 is 0 Å². The number of hydrogen-bond donors (Lipinski definition) is 1. The minimum Gasteiger partial charge on any atom is -0.490 e. The molecule has 154 valence electrons. The SMILES string of the molecule is CN=C(NCc1ccc2c(c1)OCCCO2)N1CCN(C(=O)c2ccco2)CC1.